The fourth-order valence-electron chi connectivity index (χ4n) is 1.54. The molecule has 0 aliphatic carbocycles. The predicted octanol–water partition coefficient (Wildman–Crippen LogP) is 1.06. The summed E-state index contributed by atoms with van der Waals surface area (Å²) in [4.78, 5) is 14.9. The Bertz CT molecular complexity index is 675. The molecule has 2 aromatic rings. The first-order valence-electron chi connectivity index (χ1n) is 4.88. The Kier molecular flexibility index (Phi) is 2.81. The van der Waals surface area contributed by atoms with Crippen LogP contribution in [0, 0.1) is 0 Å². The second-order valence-corrected chi connectivity index (χ2v) is 5.14. The molecule has 17 heavy (non-hydrogen) atoms. The van der Waals surface area contributed by atoms with Gasteiger partial charge in [-0.3, -0.25) is 9.78 Å². The molecule has 0 aliphatic heterocycles. The van der Waals surface area contributed by atoms with Gasteiger partial charge in [-0.2, -0.15) is 0 Å². The van der Waals surface area contributed by atoms with Gasteiger partial charge in [0.25, 0.3) is 10.0 Å². The number of amides is 1. The molecule has 0 saturated heterocycles. The van der Waals surface area contributed by atoms with Crippen molar-refractivity contribution in [2.24, 2.45) is 0 Å². The van der Waals surface area contributed by atoms with Crippen molar-refractivity contribution in [2.45, 2.75) is 11.8 Å². The molecule has 0 saturated carbocycles. The standard InChI is InChI=1S/C11H10N2O3S/c1-8(14)13-17(15,16)10-6-2-4-9-5-3-7-12-11(9)10/h2-7H,1H3,(H,13,14). The molecule has 5 nitrogen and oxygen atoms in total. The molecule has 88 valence electrons. The van der Waals surface area contributed by atoms with Gasteiger partial charge >= 0.3 is 0 Å². The van der Waals surface area contributed by atoms with Crippen LogP contribution in [0.15, 0.2) is 41.4 Å². The maximum Gasteiger partial charge on any atom is 0.266 e. The highest BCUT2D eigenvalue weighted by atomic mass is 32.2. The van der Waals surface area contributed by atoms with E-state index in [9.17, 15) is 13.2 Å². The number of carbonyl (C=O) groups excluding carboxylic acids is 1. The maximum atomic E-state index is 11.9. The summed E-state index contributed by atoms with van der Waals surface area (Å²) in [6.07, 6.45) is 1.51. The van der Waals surface area contributed by atoms with Crippen molar-refractivity contribution in [1.29, 1.82) is 0 Å². The Morgan fingerprint density at radius 2 is 1.94 bits per heavy atom. The zero-order chi connectivity index (χ0) is 12.5. The average Bonchev–Trinajstić information content (AvgIpc) is 2.26. The van der Waals surface area contributed by atoms with Crippen molar-refractivity contribution in [1.82, 2.24) is 9.71 Å². The van der Waals surface area contributed by atoms with Crippen LogP contribution in [-0.4, -0.2) is 19.3 Å². The van der Waals surface area contributed by atoms with Crippen molar-refractivity contribution in [3.8, 4) is 0 Å². The van der Waals surface area contributed by atoms with Crippen molar-refractivity contribution in [3.05, 3.63) is 36.5 Å². The van der Waals surface area contributed by atoms with Crippen molar-refractivity contribution < 1.29 is 13.2 Å². The normalized spacial score (nSPS) is 11.4. The lowest BCUT2D eigenvalue weighted by atomic mass is 10.2. The average molecular weight is 250 g/mol. The molecule has 0 bridgehead atoms. The van der Waals surface area contributed by atoms with Crippen molar-refractivity contribution in [3.63, 3.8) is 0 Å². The number of nitrogens with zero attached hydrogens (tertiary/aromatic N) is 1. The van der Waals surface area contributed by atoms with Gasteiger partial charge in [0.2, 0.25) is 5.91 Å². The number of aromatic nitrogens is 1. The van der Waals surface area contributed by atoms with Crippen molar-refractivity contribution >= 4 is 26.8 Å². The van der Waals surface area contributed by atoms with Gasteiger partial charge in [0.1, 0.15) is 4.90 Å². The highest BCUT2D eigenvalue weighted by Crippen LogP contribution is 2.20. The highest BCUT2D eigenvalue weighted by Gasteiger charge is 2.18. The maximum absolute atomic E-state index is 11.9. The van der Waals surface area contributed by atoms with Gasteiger partial charge in [-0.25, -0.2) is 13.1 Å². The van der Waals surface area contributed by atoms with Crippen molar-refractivity contribution in [2.75, 3.05) is 0 Å². The molecule has 1 N–H and O–H groups in total. The first kappa shape index (κ1) is 11.5. The van der Waals surface area contributed by atoms with Gasteiger partial charge < -0.3 is 0 Å². The highest BCUT2D eigenvalue weighted by molar-refractivity contribution is 7.90. The monoisotopic (exact) mass is 250 g/mol. The largest absolute Gasteiger partial charge is 0.274 e. The number of rotatable bonds is 2. The van der Waals surface area contributed by atoms with E-state index in [1.165, 1.54) is 12.3 Å². The van der Waals surface area contributed by atoms with Crippen LogP contribution in [0.3, 0.4) is 0 Å². The van der Waals surface area contributed by atoms with Gasteiger partial charge in [0.15, 0.2) is 0 Å². The zero-order valence-corrected chi connectivity index (χ0v) is 9.86. The number of carbonyl (C=O) groups is 1. The molecule has 6 heteroatoms. The van der Waals surface area contributed by atoms with Crippen LogP contribution in [0.4, 0.5) is 0 Å². The molecule has 1 heterocycles. The van der Waals surface area contributed by atoms with Crippen LogP contribution in [0.5, 0.6) is 0 Å². The minimum Gasteiger partial charge on any atom is -0.274 e. The lowest BCUT2D eigenvalue weighted by Crippen LogP contribution is -2.28. The van der Waals surface area contributed by atoms with Crippen LogP contribution in [0.1, 0.15) is 6.92 Å². The Hall–Kier alpha value is -1.95. The van der Waals surface area contributed by atoms with E-state index in [-0.39, 0.29) is 4.90 Å². The van der Waals surface area contributed by atoms with E-state index in [0.717, 1.165) is 6.92 Å². The minimum absolute atomic E-state index is 0.00537. The lowest BCUT2D eigenvalue weighted by Gasteiger charge is -2.06. The Morgan fingerprint density at radius 3 is 2.65 bits per heavy atom. The summed E-state index contributed by atoms with van der Waals surface area (Å²) in [5.74, 6) is -0.627. The summed E-state index contributed by atoms with van der Waals surface area (Å²) in [7, 11) is -3.85. The molecule has 0 unspecified atom stereocenters. The molecule has 1 aromatic heterocycles. The molecule has 1 amide bonds. The number of para-hydroxylation sites is 1. The molecule has 0 spiro atoms. The number of benzene rings is 1. The second-order valence-electron chi connectivity index (χ2n) is 3.49. The second kappa shape index (κ2) is 4.14. The predicted molar refractivity (Wildman–Crippen MR) is 62.7 cm³/mol. The Labute approximate surface area is 98.5 Å². The van der Waals surface area contributed by atoms with E-state index in [0.29, 0.717) is 10.9 Å². The van der Waals surface area contributed by atoms with E-state index in [2.05, 4.69) is 4.98 Å². The fourth-order valence-corrected chi connectivity index (χ4v) is 2.71. The quantitative estimate of drug-likeness (QED) is 0.864. The van der Waals surface area contributed by atoms with Gasteiger partial charge in [-0.05, 0) is 12.1 Å². The third-order valence-electron chi connectivity index (χ3n) is 2.16. The molecule has 0 radical (unpaired) electrons. The Morgan fingerprint density at radius 1 is 1.24 bits per heavy atom. The number of hydrogen-bond donors (Lipinski definition) is 1. The topological polar surface area (TPSA) is 76.1 Å². The Balaban J connectivity index is 2.67. The molecular weight excluding hydrogens is 240 g/mol. The third-order valence-corrected chi connectivity index (χ3v) is 3.63. The first-order chi connectivity index (χ1) is 8.00. The van der Waals surface area contributed by atoms with Gasteiger partial charge in [-0.1, -0.05) is 18.2 Å². The molecule has 0 atom stereocenters. The third kappa shape index (κ3) is 2.26. The zero-order valence-electron chi connectivity index (χ0n) is 9.04. The number of fused-ring (bicyclic) bond motifs is 1. The van der Waals surface area contributed by atoms with E-state index in [4.69, 9.17) is 0 Å². The molecule has 2 rings (SSSR count). The molecule has 0 aliphatic rings. The van der Waals surface area contributed by atoms with E-state index in [1.807, 2.05) is 4.72 Å². The molecule has 1 aromatic carbocycles. The summed E-state index contributed by atoms with van der Waals surface area (Å²) in [5, 5.41) is 0.707. The van der Waals surface area contributed by atoms with E-state index >= 15 is 0 Å². The number of hydrogen-bond acceptors (Lipinski definition) is 4. The van der Waals surface area contributed by atoms with Crippen LogP contribution in [0.25, 0.3) is 10.9 Å². The van der Waals surface area contributed by atoms with Crippen LogP contribution in [-0.2, 0) is 14.8 Å². The number of nitrogens with one attached hydrogen (secondary N) is 1. The van der Waals surface area contributed by atoms with E-state index in [1.54, 1.807) is 24.3 Å². The summed E-state index contributed by atoms with van der Waals surface area (Å²) in [6.45, 7) is 1.15. The summed E-state index contributed by atoms with van der Waals surface area (Å²) < 4.78 is 25.7. The molecular formula is C11H10N2O3S. The summed E-state index contributed by atoms with van der Waals surface area (Å²) in [6, 6.07) is 8.26. The fraction of sp³-hybridized carbons (Fsp3) is 0.0909. The van der Waals surface area contributed by atoms with Crippen LogP contribution < -0.4 is 4.72 Å². The van der Waals surface area contributed by atoms with Crippen LogP contribution in [0.2, 0.25) is 0 Å². The molecule has 0 fully saturated rings. The summed E-state index contributed by atoms with van der Waals surface area (Å²) in [5.41, 5.74) is 0.351. The van der Waals surface area contributed by atoms with Crippen LogP contribution >= 0.6 is 0 Å². The van der Waals surface area contributed by atoms with Gasteiger partial charge in [0, 0.05) is 18.5 Å². The summed E-state index contributed by atoms with van der Waals surface area (Å²) >= 11 is 0. The lowest BCUT2D eigenvalue weighted by molar-refractivity contribution is -0.117. The number of sulfonamides is 1. The van der Waals surface area contributed by atoms with Gasteiger partial charge in [-0.15, -0.1) is 0 Å². The SMILES string of the molecule is CC(=O)NS(=O)(=O)c1cccc2cccnc12. The first-order valence-corrected chi connectivity index (χ1v) is 6.36. The minimum atomic E-state index is -3.85. The smallest absolute Gasteiger partial charge is 0.266 e. The van der Waals surface area contributed by atoms with E-state index < -0.39 is 15.9 Å². The van der Waals surface area contributed by atoms with Gasteiger partial charge in [0.05, 0.1) is 5.52 Å². The number of pyridine rings is 1.